The number of rotatable bonds is 1. The average molecular weight is 293 g/mol. The van der Waals surface area contributed by atoms with E-state index in [1.54, 1.807) is 17.5 Å². The van der Waals surface area contributed by atoms with Crippen LogP contribution >= 0.6 is 38.9 Å². The van der Waals surface area contributed by atoms with E-state index in [-0.39, 0.29) is 5.82 Å². The zero-order valence-electron chi connectivity index (χ0n) is 6.80. The smallest absolute Gasteiger partial charge is 0.159 e. The molecule has 0 aliphatic heterocycles. The van der Waals surface area contributed by atoms with E-state index < -0.39 is 0 Å². The van der Waals surface area contributed by atoms with Gasteiger partial charge in [0.2, 0.25) is 0 Å². The number of aromatic nitrogens is 1. The van der Waals surface area contributed by atoms with Crippen molar-refractivity contribution in [3.05, 3.63) is 38.3 Å². The molecule has 0 atom stereocenters. The first-order chi connectivity index (χ1) is 6.68. The van der Waals surface area contributed by atoms with Crippen LogP contribution in [-0.4, -0.2) is 4.98 Å². The van der Waals surface area contributed by atoms with Gasteiger partial charge in [-0.05, 0) is 28.1 Å². The predicted molar refractivity (Wildman–Crippen MR) is 60.2 cm³/mol. The zero-order chi connectivity index (χ0) is 10.1. The summed E-state index contributed by atoms with van der Waals surface area (Å²) in [5, 5.41) is 2.14. The molecule has 72 valence electrons. The second-order valence-electron chi connectivity index (χ2n) is 2.58. The summed E-state index contributed by atoms with van der Waals surface area (Å²) in [4.78, 5) is 4.11. The lowest BCUT2D eigenvalue weighted by Crippen LogP contribution is -1.85. The summed E-state index contributed by atoms with van der Waals surface area (Å²) in [6.45, 7) is 0. The predicted octanol–water partition coefficient (Wildman–Crippen LogP) is 4.37. The van der Waals surface area contributed by atoms with Crippen LogP contribution in [0.3, 0.4) is 0 Å². The van der Waals surface area contributed by atoms with Crippen LogP contribution in [0.25, 0.3) is 11.3 Å². The molecule has 1 nitrogen and oxygen atoms in total. The van der Waals surface area contributed by atoms with Gasteiger partial charge in [-0.3, -0.25) is 0 Å². The van der Waals surface area contributed by atoms with Crippen molar-refractivity contribution in [3.8, 4) is 11.3 Å². The van der Waals surface area contributed by atoms with E-state index in [9.17, 15) is 4.39 Å². The highest BCUT2D eigenvalue weighted by atomic mass is 79.9. The average Bonchev–Trinajstić information content (AvgIpc) is 2.51. The van der Waals surface area contributed by atoms with Gasteiger partial charge in [0.05, 0.1) is 16.3 Å². The minimum absolute atomic E-state index is 0.352. The quantitative estimate of drug-likeness (QED) is 0.761. The third-order valence-electron chi connectivity index (χ3n) is 1.70. The Morgan fingerprint density at radius 1 is 1.43 bits per heavy atom. The van der Waals surface area contributed by atoms with Crippen molar-refractivity contribution in [3.63, 3.8) is 0 Å². The molecular formula is C9H4BrClFNS. The molecule has 2 rings (SSSR count). The molecule has 0 aliphatic rings. The fourth-order valence-corrected chi connectivity index (χ4v) is 2.37. The van der Waals surface area contributed by atoms with Crippen molar-refractivity contribution in [2.75, 3.05) is 0 Å². The number of benzene rings is 1. The Morgan fingerprint density at radius 2 is 2.21 bits per heavy atom. The first-order valence-corrected chi connectivity index (χ1v) is 5.79. The lowest BCUT2D eigenvalue weighted by molar-refractivity contribution is 0.631. The van der Waals surface area contributed by atoms with Gasteiger partial charge in [-0.15, -0.1) is 11.3 Å². The van der Waals surface area contributed by atoms with E-state index >= 15 is 0 Å². The standard InChI is InChI=1S/C9H4BrClFNS/c10-9-13-7(4-14-9)8-5(11)2-1-3-6(8)12/h1-4H. The maximum atomic E-state index is 13.4. The monoisotopic (exact) mass is 291 g/mol. The van der Waals surface area contributed by atoms with E-state index in [1.807, 2.05) is 0 Å². The number of hydrogen-bond donors (Lipinski definition) is 0. The van der Waals surface area contributed by atoms with Crippen molar-refractivity contribution in [2.45, 2.75) is 0 Å². The summed E-state index contributed by atoms with van der Waals surface area (Å²) in [6, 6.07) is 4.59. The molecule has 2 aromatic rings. The topological polar surface area (TPSA) is 12.9 Å². The van der Waals surface area contributed by atoms with Crippen LogP contribution in [0.5, 0.6) is 0 Å². The summed E-state index contributed by atoms with van der Waals surface area (Å²) >= 11 is 10.5. The lowest BCUT2D eigenvalue weighted by atomic mass is 10.1. The molecule has 0 spiro atoms. The highest BCUT2D eigenvalue weighted by molar-refractivity contribution is 9.11. The van der Waals surface area contributed by atoms with Gasteiger partial charge in [-0.2, -0.15) is 0 Å². The molecule has 0 N–H and O–H groups in total. The van der Waals surface area contributed by atoms with Gasteiger partial charge in [-0.25, -0.2) is 9.37 Å². The van der Waals surface area contributed by atoms with Crippen LogP contribution in [0.1, 0.15) is 0 Å². The van der Waals surface area contributed by atoms with E-state index in [0.717, 1.165) is 0 Å². The van der Waals surface area contributed by atoms with Crippen LogP contribution in [0.2, 0.25) is 5.02 Å². The van der Waals surface area contributed by atoms with Crippen molar-refractivity contribution in [1.82, 2.24) is 4.98 Å². The van der Waals surface area contributed by atoms with E-state index in [1.165, 1.54) is 17.4 Å². The van der Waals surface area contributed by atoms with Crippen LogP contribution in [0, 0.1) is 5.82 Å². The van der Waals surface area contributed by atoms with Crippen LogP contribution in [-0.2, 0) is 0 Å². The largest absolute Gasteiger partial charge is 0.229 e. The summed E-state index contributed by atoms with van der Waals surface area (Å²) in [7, 11) is 0. The lowest BCUT2D eigenvalue weighted by Gasteiger charge is -2.01. The van der Waals surface area contributed by atoms with Gasteiger partial charge in [0.25, 0.3) is 0 Å². The number of thiazole rings is 1. The fraction of sp³-hybridized carbons (Fsp3) is 0. The van der Waals surface area contributed by atoms with E-state index in [4.69, 9.17) is 11.6 Å². The second-order valence-corrected chi connectivity index (χ2v) is 5.12. The molecule has 0 bridgehead atoms. The molecule has 1 aromatic heterocycles. The summed E-state index contributed by atoms with van der Waals surface area (Å²) in [5.41, 5.74) is 0.918. The minimum atomic E-state index is -0.352. The molecule has 1 aromatic carbocycles. The molecular weight excluding hydrogens is 289 g/mol. The zero-order valence-corrected chi connectivity index (χ0v) is 9.96. The van der Waals surface area contributed by atoms with Crippen LogP contribution < -0.4 is 0 Å². The Morgan fingerprint density at radius 3 is 2.79 bits per heavy atom. The van der Waals surface area contributed by atoms with Gasteiger partial charge in [0.15, 0.2) is 3.92 Å². The highest BCUT2D eigenvalue weighted by Crippen LogP contribution is 2.32. The molecule has 0 radical (unpaired) electrons. The molecule has 0 aliphatic carbocycles. The molecule has 0 amide bonds. The third kappa shape index (κ3) is 1.82. The highest BCUT2D eigenvalue weighted by Gasteiger charge is 2.11. The molecule has 0 unspecified atom stereocenters. The Hall–Kier alpha value is -0.450. The van der Waals surface area contributed by atoms with E-state index in [2.05, 4.69) is 20.9 Å². The molecule has 1 heterocycles. The first-order valence-electron chi connectivity index (χ1n) is 3.74. The van der Waals surface area contributed by atoms with Crippen LogP contribution in [0.15, 0.2) is 27.5 Å². The SMILES string of the molecule is Fc1cccc(Cl)c1-c1csc(Br)n1. The van der Waals surface area contributed by atoms with E-state index in [0.29, 0.717) is 20.2 Å². The van der Waals surface area contributed by atoms with Gasteiger partial charge in [0.1, 0.15) is 5.82 Å². The van der Waals surface area contributed by atoms with Gasteiger partial charge in [0, 0.05) is 5.38 Å². The number of halogens is 3. The van der Waals surface area contributed by atoms with Crippen molar-refractivity contribution >= 4 is 38.9 Å². The molecule has 0 saturated carbocycles. The molecule has 14 heavy (non-hydrogen) atoms. The Balaban J connectivity index is 2.61. The van der Waals surface area contributed by atoms with Gasteiger partial charge >= 0.3 is 0 Å². The summed E-state index contributed by atoms with van der Waals surface area (Å²) < 4.78 is 14.1. The number of hydrogen-bond acceptors (Lipinski definition) is 2. The van der Waals surface area contributed by atoms with Crippen LogP contribution in [0.4, 0.5) is 4.39 Å². The summed E-state index contributed by atoms with van der Waals surface area (Å²) in [5.74, 6) is -0.352. The maximum absolute atomic E-state index is 13.4. The molecule has 5 heteroatoms. The Kier molecular flexibility index (Phi) is 2.85. The fourth-order valence-electron chi connectivity index (χ4n) is 1.11. The molecule has 0 saturated heterocycles. The first kappa shape index (κ1) is 10.1. The summed E-state index contributed by atoms with van der Waals surface area (Å²) in [6.07, 6.45) is 0. The molecule has 0 fully saturated rings. The van der Waals surface area contributed by atoms with Crippen molar-refractivity contribution < 1.29 is 4.39 Å². The minimum Gasteiger partial charge on any atom is -0.229 e. The maximum Gasteiger partial charge on any atom is 0.159 e. The van der Waals surface area contributed by atoms with Crippen molar-refractivity contribution in [2.24, 2.45) is 0 Å². The Labute approximate surface area is 97.7 Å². The number of nitrogens with zero attached hydrogens (tertiary/aromatic N) is 1. The second kappa shape index (κ2) is 3.96. The third-order valence-corrected chi connectivity index (χ3v) is 3.37. The van der Waals surface area contributed by atoms with Gasteiger partial charge < -0.3 is 0 Å². The van der Waals surface area contributed by atoms with Crippen molar-refractivity contribution in [1.29, 1.82) is 0 Å². The normalized spacial score (nSPS) is 10.5. The Bertz CT molecular complexity index is 451. The van der Waals surface area contributed by atoms with Gasteiger partial charge in [-0.1, -0.05) is 17.7 Å².